The van der Waals surface area contributed by atoms with Crippen molar-refractivity contribution < 1.29 is 33.1 Å². The highest BCUT2D eigenvalue weighted by Crippen LogP contribution is 2.62. The van der Waals surface area contributed by atoms with Crippen LogP contribution < -0.4 is 14.5 Å². The van der Waals surface area contributed by atoms with E-state index in [2.05, 4.69) is 0 Å². The second-order valence-electron chi connectivity index (χ2n) is 14.5. The summed E-state index contributed by atoms with van der Waals surface area (Å²) in [5, 5.41) is 10.3. The van der Waals surface area contributed by atoms with E-state index in [0.717, 1.165) is 11.1 Å². The van der Waals surface area contributed by atoms with Crippen molar-refractivity contribution in [2.24, 2.45) is 5.92 Å². The minimum absolute atomic E-state index is 0.140. The van der Waals surface area contributed by atoms with Gasteiger partial charge in [0.2, 0.25) is 14.3 Å². The molecule has 5 atom stereocenters. The average molecular weight is 706 g/mol. The summed E-state index contributed by atoms with van der Waals surface area (Å²) in [4.78, 5) is 47.5. The number of rotatable bonds is 6. The van der Waals surface area contributed by atoms with Crippen LogP contribution >= 0.6 is 0 Å². The predicted octanol–water partition coefficient (Wildman–Crippen LogP) is 6.53. The molecule has 51 heavy (non-hydrogen) atoms. The number of ether oxygens (including phenoxy) is 2. The summed E-state index contributed by atoms with van der Waals surface area (Å²) in [5.41, 5.74) is 2.58. The highest BCUT2D eigenvalue weighted by molar-refractivity contribution is 6.72. The Morgan fingerprint density at radius 1 is 0.902 bits per heavy atom. The van der Waals surface area contributed by atoms with Gasteiger partial charge in [0.05, 0.1) is 36.5 Å². The van der Waals surface area contributed by atoms with Gasteiger partial charge in [-0.3, -0.25) is 24.2 Å². The van der Waals surface area contributed by atoms with Crippen molar-refractivity contribution in [3.05, 3.63) is 114 Å². The normalized spacial score (nSPS) is 25.5. The molecule has 0 radical (unpaired) electrons. The molecule has 0 aliphatic carbocycles. The number of fused-ring (bicyclic) bond motifs is 4. The first kappa shape index (κ1) is 33.3. The van der Waals surface area contributed by atoms with Gasteiger partial charge in [-0.15, -0.1) is 0 Å². The third kappa shape index (κ3) is 5.28. The van der Waals surface area contributed by atoms with Crippen molar-refractivity contribution in [1.29, 1.82) is 0 Å². The van der Waals surface area contributed by atoms with E-state index in [-0.39, 0.29) is 37.4 Å². The zero-order chi connectivity index (χ0) is 35.7. The molecule has 8 rings (SSSR count). The molecular formula is C40H40FN3O6Si. The molecule has 4 aliphatic heterocycles. The maximum absolute atomic E-state index is 16.7. The number of para-hydroxylation sites is 3. The molecule has 0 aromatic heterocycles. The summed E-state index contributed by atoms with van der Waals surface area (Å²) in [6, 6.07) is 29.4. The van der Waals surface area contributed by atoms with Gasteiger partial charge >= 0.3 is 0 Å². The Hall–Kier alpha value is -4.84. The van der Waals surface area contributed by atoms with Gasteiger partial charge in [0.25, 0.3) is 11.8 Å². The van der Waals surface area contributed by atoms with Crippen LogP contribution in [-0.2, 0) is 37.7 Å². The lowest BCUT2D eigenvalue weighted by Gasteiger charge is -2.37. The van der Waals surface area contributed by atoms with Crippen molar-refractivity contribution in [1.82, 2.24) is 4.90 Å². The quantitative estimate of drug-likeness (QED) is 0.181. The molecule has 4 heterocycles. The van der Waals surface area contributed by atoms with E-state index in [1.54, 1.807) is 46.0 Å². The molecule has 4 aromatic carbocycles. The summed E-state index contributed by atoms with van der Waals surface area (Å²) in [7, 11) is -3.60. The van der Waals surface area contributed by atoms with E-state index in [0.29, 0.717) is 47.0 Å². The van der Waals surface area contributed by atoms with Gasteiger partial charge in [0.15, 0.2) is 12.2 Å². The molecule has 1 N–H and O–H groups in total. The molecule has 0 saturated carbocycles. The number of anilines is 4. The van der Waals surface area contributed by atoms with E-state index >= 15 is 8.90 Å². The molecule has 0 bridgehead atoms. The van der Waals surface area contributed by atoms with E-state index in [1.165, 1.54) is 0 Å². The molecule has 9 nitrogen and oxygen atoms in total. The third-order valence-corrected chi connectivity index (χ3v) is 13.6. The number of aliphatic hydroxyl groups excluding tert-OH is 1. The Morgan fingerprint density at radius 3 is 2.35 bits per heavy atom. The number of amides is 3. The van der Waals surface area contributed by atoms with Crippen LogP contribution in [0.1, 0.15) is 30.0 Å². The molecule has 0 unspecified atom stereocenters. The lowest BCUT2D eigenvalue weighted by atomic mass is 9.82. The van der Waals surface area contributed by atoms with Crippen LogP contribution in [-0.4, -0.2) is 61.5 Å². The Balaban J connectivity index is 1.23. The zero-order valence-electron chi connectivity index (χ0n) is 28.8. The summed E-state index contributed by atoms with van der Waals surface area (Å²) in [6.07, 6.45) is -0.530. The fourth-order valence-electron chi connectivity index (χ4n) is 8.85. The van der Waals surface area contributed by atoms with Crippen molar-refractivity contribution in [3.8, 4) is 5.75 Å². The van der Waals surface area contributed by atoms with Crippen molar-refractivity contribution in [2.45, 2.75) is 62.7 Å². The van der Waals surface area contributed by atoms with E-state index < -0.39 is 37.6 Å². The zero-order valence-corrected chi connectivity index (χ0v) is 29.8. The minimum Gasteiger partial charge on any atom is -0.482 e. The van der Waals surface area contributed by atoms with Crippen LogP contribution in [0.15, 0.2) is 97.1 Å². The molecule has 262 valence electrons. The van der Waals surface area contributed by atoms with E-state index in [4.69, 9.17) is 9.47 Å². The molecule has 1 spiro atoms. The lowest BCUT2D eigenvalue weighted by Crippen LogP contribution is -2.48. The number of benzene rings is 4. The summed E-state index contributed by atoms with van der Waals surface area (Å²) < 4.78 is 29.3. The first-order valence-electron chi connectivity index (χ1n) is 17.5. The van der Waals surface area contributed by atoms with Crippen molar-refractivity contribution in [3.63, 3.8) is 0 Å². The fraction of sp³-hybridized carbons (Fsp3) is 0.325. The van der Waals surface area contributed by atoms with E-state index in [9.17, 15) is 14.7 Å². The molecule has 4 aromatic rings. The molecule has 3 amide bonds. The fourth-order valence-corrected chi connectivity index (χ4v) is 11.3. The average Bonchev–Trinajstić information content (AvgIpc) is 3.56. The Bertz CT molecular complexity index is 2040. The van der Waals surface area contributed by atoms with Gasteiger partial charge in [-0.05, 0) is 73.1 Å². The van der Waals surface area contributed by atoms with Crippen molar-refractivity contribution >= 4 is 48.9 Å². The minimum atomic E-state index is -3.60. The molecule has 1 saturated heterocycles. The summed E-state index contributed by atoms with van der Waals surface area (Å²) in [5.74, 6) is -0.977. The second kappa shape index (κ2) is 12.4. The number of carbonyl (C=O) groups excluding carboxylic acids is 3. The first-order valence-corrected chi connectivity index (χ1v) is 20.4. The second-order valence-corrected chi connectivity index (χ2v) is 18.3. The summed E-state index contributed by atoms with van der Waals surface area (Å²) >= 11 is 0. The standard InChI is InChI=1S/C40H40FN3O6Si/c1-25-38(51(2,3)41)35(21-36(46)42-22-27-12-8-7-11-26(27)19-30(42)23-45)50-40(25)31-20-29(43-33-15-9-10-16-34(33)49-24-37(43)47)17-18-32(31)44(39(40)48)28-13-5-4-6-14-28/h4-18,20,25,30,35,38,45H,19,21-24H2,1-3H3/t25-,30+,35+,38-,40+/m1/s1. The Labute approximate surface area is 297 Å². The number of aliphatic hydroxyl groups is 1. The van der Waals surface area contributed by atoms with Crippen LogP contribution in [0.4, 0.5) is 26.9 Å². The van der Waals surface area contributed by atoms with Gasteiger partial charge < -0.3 is 23.6 Å². The van der Waals surface area contributed by atoms with Gasteiger partial charge in [-0.1, -0.05) is 61.5 Å². The van der Waals surface area contributed by atoms with E-state index in [1.807, 2.05) is 85.8 Å². The molecule has 11 heteroatoms. The number of carbonyl (C=O) groups is 3. The van der Waals surface area contributed by atoms with Gasteiger partial charge in [0, 0.05) is 34.9 Å². The number of hydrogen-bond acceptors (Lipinski definition) is 6. The van der Waals surface area contributed by atoms with Crippen LogP contribution in [0.3, 0.4) is 0 Å². The topological polar surface area (TPSA) is 99.6 Å². The van der Waals surface area contributed by atoms with Crippen LogP contribution in [0.5, 0.6) is 5.75 Å². The summed E-state index contributed by atoms with van der Waals surface area (Å²) in [6.45, 7) is 5.05. The van der Waals surface area contributed by atoms with Gasteiger partial charge in [-0.2, -0.15) is 0 Å². The molecule has 4 aliphatic rings. The van der Waals surface area contributed by atoms with Gasteiger partial charge in [-0.25, -0.2) is 0 Å². The largest absolute Gasteiger partial charge is 0.482 e. The predicted molar refractivity (Wildman–Crippen MR) is 193 cm³/mol. The Kier molecular flexibility index (Phi) is 8.12. The smallest absolute Gasteiger partial charge is 0.269 e. The number of nitrogens with zero attached hydrogens (tertiary/aromatic N) is 3. The Morgan fingerprint density at radius 2 is 1.61 bits per heavy atom. The lowest BCUT2D eigenvalue weighted by molar-refractivity contribution is -0.150. The highest BCUT2D eigenvalue weighted by atomic mass is 28.4. The molecular weight excluding hydrogens is 666 g/mol. The first-order chi connectivity index (χ1) is 24.5. The van der Waals surface area contributed by atoms with Gasteiger partial charge in [0.1, 0.15) is 5.75 Å². The van der Waals surface area contributed by atoms with Crippen molar-refractivity contribution in [2.75, 3.05) is 23.0 Å². The number of hydrogen-bond donors (Lipinski definition) is 1. The third-order valence-electron chi connectivity index (χ3n) is 11.1. The van der Waals surface area contributed by atoms with Crippen LogP contribution in [0.25, 0.3) is 0 Å². The maximum Gasteiger partial charge on any atom is 0.269 e. The maximum atomic E-state index is 16.7. The monoisotopic (exact) mass is 705 g/mol. The highest BCUT2D eigenvalue weighted by Gasteiger charge is 2.67. The van der Waals surface area contributed by atoms with Crippen LogP contribution in [0.2, 0.25) is 18.6 Å². The SMILES string of the molecule is C[C@@H]1[C@@H]([Si](C)(C)F)[C@H](CC(=O)N2Cc3ccccc3C[C@H]2CO)O[C@@]12C(=O)N(c1ccccc1)c1ccc(N3C(=O)COc4ccccc43)cc12. The number of halogens is 1. The molecule has 1 fully saturated rings. The van der Waals surface area contributed by atoms with Crippen LogP contribution in [0, 0.1) is 5.92 Å².